The molecule has 2 atom stereocenters. The van der Waals surface area contributed by atoms with E-state index in [1.807, 2.05) is 0 Å². The van der Waals surface area contributed by atoms with Crippen molar-refractivity contribution < 1.29 is 9.47 Å². The maximum absolute atomic E-state index is 5.72. The Morgan fingerprint density at radius 1 is 1.28 bits per heavy atom. The summed E-state index contributed by atoms with van der Waals surface area (Å²) in [6, 6.07) is 9.05. The molecule has 1 N–H and O–H groups in total. The van der Waals surface area contributed by atoms with Crippen molar-refractivity contribution in [2.45, 2.75) is 26.3 Å². The second-order valence-electron chi connectivity index (χ2n) is 7.75. The molecule has 166 valence electrons. The van der Waals surface area contributed by atoms with Gasteiger partial charge in [-0.25, -0.2) is 0 Å². The largest absolute Gasteiger partial charge is 0.382 e. The first-order valence-electron chi connectivity index (χ1n) is 10.4. The molecule has 29 heavy (non-hydrogen) atoms. The highest BCUT2D eigenvalue weighted by Crippen LogP contribution is 2.20. The molecule has 0 bridgehead atoms. The van der Waals surface area contributed by atoms with E-state index in [-0.39, 0.29) is 30.0 Å². The fourth-order valence-electron chi connectivity index (χ4n) is 3.51. The number of nitrogens with one attached hydrogen (secondary N) is 1. The van der Waals surface area contributed by atoms with Gasteiger partial charge in [0.15, 0.2) is 5.96 Å². The lowest BCUT2D eigenvalue weighted by Crippen LogP contribution is -2.41. The molecule has 0 aliphatic carbocycles. The summed E-state index contributed by atoms with van der Waals surface area (Å²) in [5.74, 6) is 1.57. The molecule has 1 saturated heterocycles. The average molecular weight is 518 g/mol. The van der Waals surface area contributed by atoms with E-state index in [0.29, 0.717) is 19.1 Å². The number of aliphatic imine (C=N–C) groups is 1. The van der Waals surface area contributed by atoms with Gasteiger partial charge in [0.1, 0.15) is 0 Å². The predicted molar refractivity (Wildman–Crippen MR) is 131 cm³/mol. The number of likely N-dealkylation sites (tertiary alicyclic amines) is 1. The average Bonchev–Trinajstić information content (AvgIpc) is 3.14. The molecule has 0 aromatic heterocycles. The van der Waals surface area contributed by atoms with Crippen LogP contribution in [-0.4, -0.2) is 83.0 Å². The minimum atomic E-state index is 0. The third-order valence-electron chi connectivity index (χ3n) is 5.21. The van der Waals surface area contributed by atoms with Gasteiger partial charge in [-0.1, -0.05) is 29.8 Å². The first-order chi connectivity index (χ1) is 13.5. The SMILES string of the molecule is CCNC(=NCC(c1ccc(C)cc1)N(C)C)N1CCC(COCCOC)C1.I. The van der Waals surface area contributed by atoms with Crippen molar-refractivity contribution in [3.8, 4) is 0 Å². The summed E-state index contributed by atoms with van der Waals surface area (Å²) in [7, 11) is 5.95. The zero-order valence-electron chi connectivity index (χ0n) is 18.7. The first-order valence-corrected chi connectivity index (χ1v) is 10.4. The van der Waals surface area contributed by atoms with Crippen LogP contribution in [0, 0.1) is 12.8 Å². The lowest BCUT2D eigenvalue weighted by atomic mass is 10.0. The Labute approximate surface area is 194 Å². The van der Waals surface area contributed by atoms with E-state index in [1.54, 1.807) is 7.11 Å². The van der Waals surface area contributed by atoms with Crippen LogP contribution in [0.1, 0.15) is 30.5 Å². The Morgan fingerprint density at radius 2 is 2.00 bits per heavy atom. The van der Waals surface area contributed by atoms with Crippen LogP contribution in [0.4, 0.5) is 0 Å². The van der Waals surface area contributed by atoms with Crippen LogP contribution in [0.2, 0.25) is 0 Å². The van der Waals surface area contributed by atoms with Gasteiger partial charge in [-0.2, -0.15) is 0 Å². The third kappa shape index (κ3) is 8.78. The van der Waals surface area contributed by atoms with Crippen LogP contribution in [0.5, 0.6) is 0 Å². The summed E-state index contributed by atoms with van der Waals surface area (Å²) in [4.78, 5) is 9.60. The lowest BCUT2D eigenvalue weighted by Gasteiger charge is -2.26. The number of methoxy groups -OCH3 is 1. The van der Waals surface area contributed by atoms with Crippen LogP contribution >= 0.6 is 24.0 Å². The summed E-state index contributed by atoms with van der Waals surface area (Å²) in [6.45, 7) is 10.0. The van der Waals surface area contributed by atoms with E-state index in [4.69, 9.17) is 14.5 Å². The van der Waals surface area contributed by atoms with Gasteiger partial charge in [0, 0.05) is 32.7 Å². The van der Waals surface area contributed by atoms with Gasteiger partial charge in [0.25, 0.3) is 0 Å². The first kappa shape index (κ1) is 26.1. The molecule has 0 amide bonds. The molecule has 1 aliphatic heterocycles. The molecule has 0 radical (unpaired) electrons. The number of aryl methyl sites for hydroxylation is 1. The molecule has 1 aromatic rings. The number of halogens is 1. The van der Waals surface area contributed by atoms with Crippen molar-refractivity contribution in [2.75, 3.05) is 67.2 Å². The second-order valence-corrected chi connectivity index (χ2v) is 7.75. The van der Waals surface area contributed by atoms with Gasteiger partial charge in [0.2, 0.25) is 0 Å². The van der Waals surface area contributed by atoms with Crippen molar-refractivity contribution in [1.82, 2.24) is 15.1 Å². The summed E-state index contributed by atoms with van der Waals surface area (Å²) < 4.78 is 10.8. The predicted octanol–water partition coefficient (Wildman–Crippen LogP) is 3.17. The van der Waals surface area contributed by atoms with Crippen molar-refractivity contribution in [3.63, 3.8) is 0 Å². The van der Waals surface area contributed by atoms with Gasteiger partial charge < -0.3 is 24.6 Å². The standard InChI is InChI=1S/C22H38N4O2.HI/c1-6-23-22(26-12-11-19(16-26)17-28-14-13-27-5)24-15-21(25(3)4)20-9-7-18(2)8-10-20;/h7-10,19,21H,6,11-17H2,1-5H3,(H,23,24);1H. The maximum Gasteiger partial charge on any atom is 0.193 e. The van der Waals surface area contributed by atoms with E-state index in [2.05, 4.69) is 67.3 Å². The van der Waals surface area contributed by atoms with Crippen molar-refractivity contribution in [2.24, 2.45) is 10.9 Å². The zero-order chi connectivity index (χ0) is 20.4. The molecule has 1 heterocycles. The zero-order valence-corrected chi connectivity index (χ0v) is 21.0. The van der Waals surface area contributed by atoms with Gasteiger partial charge >= 0.3 is 0 Å². The lowest BCUT2D eigenvalue weighted by molar-refractivity contribution is 0.0536. The quantitative estimate of drug-likeness (QED) is 0.223. The van der Waals surface area contributed by atoms with Crippen LogP contribution in [0.15, 0.2) is 29.3 Å². The fourth-order valence-corrected chi connectivity index (χ4v) is 3.51. The van der Waals surface area contributed by atoms with Crippen molar-refractivity contribution in [1.29, 1.82) is 0 Å². The number of likely N-dealkylation sites (N-methyl/N-ethyl adjacent to an activating group) is 1. The van der Waals surface area contributed by atoms with Crippen molar-refractivity contribution >= 4 is 29.9 Å². The van der Waals surface area contributed by atoms with E-state index in [1.165, 1.54) is 11.1 Å². The molecule has 2 unspecified atom stereocenters. The van der Waals surface area contributed by atoms with Gasteiger partial charge in [-0.3, -0.25) is 4.99 Å². The number of rotatable bonds is 10. The molecule has 1 aliphatic rings. The van der Waals surface area contributed by atoms with Crippen LogP contribution < -0.4 is 5.32 Å². The highest BCUT2D eigenvalue weighted by Gasteiger charge is 2.25. The molecule has 1 aromatic carbocycles. The Bertz CT molecular complexity index is 595. The molecule has 6 nitrogen and oxygen atoms in total. The van der Waals surface area contributed by atoms with Crippen molar-refractivity contribution in [3.05, 3.63) is 35.4 Å². The van der Waals surface area contributed by atoms with Crippen LogP contribution in [0.3, 0.4) is 0 Å². The van der Waals surface area contributed by atoms with Gasteiger partial charge in [0.05, 0.1) is 32.4 Å². The molecular formula is C22H39IN4O2. The number of hydrogen-bond acceptors (Lipinski definition) is 4. The topological polar surface area (TPSA) is 49.3 Å². The minimum absolute atomic E-state index is 0. The minimum Gasteiger partial charge on any atom is -0.382 e. The third-order valence-corrected chi connectivity index (χ3v) is 5.21. The van der Waals surface area contributed by atoms with Gasteiger partial charge in [-0.15, -0.1) is 24.0 Å². The molecular weight excluding hydrogens is 479 g/mol. The Morgan fingerprint density at radius 3 is 2.62 bits per heavy atom. The normalized spacial score (nSPS) is 18.1. The summed E-state index contributed by atoms with van der Waals surface area (Å²) in [5, 5.41) is 3.47. The monoisotopic (exact) mass is 518 g/mol. The number of guanidine groups is 1. The molecule has 7 heteroatoms. The summed E-state index contributed by atoms with van der Waals surface area (Å²) in [6.07, 6.45) is 1.15. The highest BCUT2D eigenvalue weighted by atomic mass is 127. The number of ether oxygens (including phenoxy) is 2. The molecule has 0 saturated carbocycles. The van der Waals surface area contributed by atoms with E-state index >= 15 is 0 Å². The van der Waals surface area contributed by atoms with Crippen LogP contribution in [0.25, 0.3) is 0 Å². The number of hydrogen-bond donors (Lipinski definition) is 1. The Kier molecular flexibility index (Phi) is 12.8. The number of nitrogens with zero attached hydrogens (tertiary/aromatic N) is 3. The van der Waals surface area contributed by atoms with Gasteiger partial charge in [-0.05, 0) is 39.9 Å². The summed E-state index contributed by atoms with van der Waals surface area (Å²) in [5.41, 5.74) is 2.59. The van der Waals surface area contributed by atoms with Crippen LogP contribution in [-0.2, 0) is 9.47 Å². The second kappa shape index (κ2) is 14.2. The van der Waals surface area contributed by atoms with E-state index in [9.17, 15) is 0 Å². The van der Waals surface area contributed by atoms with E-state index in [0.717, 1.165) is 45.2 Å². The summed E-state index contributed by atoms with van der Waals surface area (Å²) >= 11 is 0. The fraction of sp³-hybridized carbons (Fsp3) is 0.682. The maximum atomic E-state index is 5.72. The molecule has 2 rings (SSSR count). The van der Waals surface area contributed by atoms with E-state index < -0.39 is 0 Å². The smallest absolute Gasteiger partial charge is 0.193 e. The molecule has 0 spiro atoms. The Hall–Kier alpha value is -0.900. The molecule has 1 fully saturated rings. The number of benzene rings is 1. The highest BCUT2D eigenvalue weighted by molar-refractivity contribution is 14.0. The Balaban J connectivity index is 0.00000420.